The first kappa shape index (κ1) is 16.8. The molecule has 1 aliphatic heterocycles. The van der Waals surface area contributed by atoms with Gasteiger partial charge in [0.15, 0.2) is 0 Å². The van der Waals surface area contributed by atoms with Crippen LogP contribution in [0.25, 0.3) is 0 Å². The molecule has 130 valence electrons. The molecule has 3 rings (SSSR count). The largest absolute Gasteiger partial charge is 0.496 e. The molecule has 3 amide bonds. The zero-order valence-electron chi connectivity index (χ0n) is 14.1. The summed E-state index contributed by atoms with van der Waals surface area (Å²) in [6.45, 7) is 0.837. The Hall–Kier alpha value is -3.02. The van der Waals surface area contributed by atoms with E-state index in [2.05, 4.69) is 10.6 Å². The minimum Gasteiger partial charge on any atom is -0.496 e. The minimum atomic E-state index is -0.293. The Labute approximate surface area is 146 Å². The summed E-state index contributed by atoms with van der Waals surface area (Å²) in [7, 11) is 1.60. The van der Waals surface area contributed by atoms with Crippen molar-refractivity contribution >= 4 is 17.6 Å². The average molecular weight is 339 g/mol. The van der Waals surface area contributed by atoms with Gasteiger partial charge in [-0.05, 0) is 18.2 Å². The van der Waals surface area contributed by atoms with Gasteiger partial charge in [0.1, 0.15) is 5.75 Å². The predicted molar refractivity (Wildman–Crippen MR) is 95.6 cm³/mol. The fourth-order valence-electron chi connectivity index (χ4n) is 2.92. The highest BCUT2D eigenvalue weighted by Gasteiger charge is 2.31. The number of rotatable bonds is 5. The van der Waals surface area contributed by atoms with Gasteiger partial charge in [0.05, 0.1) is 13.2 Å². The van der Waals surface area contributed by atoms with E-state index in [1.54, 1.807) is 12.0 Å². The number of hydrogen-bond acceptors (Lipinski definition) is 3. The maximum absolute atomic E-state index is 12.2. The SMILES string of the molecule is COc1ccccc1CNC(=O)N[C@@H]1CC(=O)N(c2ccccc2)C1. The Morgan fingerprint density at radius 1 is 1.16 bits per heavy atom. The number of carbonyl (C=O) groups is 2. The van der Waals surface area contributed by atoms with Gasteiger partial charge in [0.25, 0.3) is 0 Å². The lowest BCUT2D eigenvalue weighted by Crippen LogP contribution is -2.43. The molecule has 2 aromatic carbocycles. The number of urea groups is 1. The van der Waals surface area contributed by atoms with Crippen LogP contribution in [0.3, 0.4) is 0 Å². The topological polar surface area (TPSA) is 70.7 Å². The monoisotopic (exact) mass is 339 g/mol. The van der Waals surface area contributed by atoms with E-state index in [9.17, 15) is 9.59 Å². The Kier molecular flexibility index (Phi) is 5.18. The van der Waals surface area contributed by atoms with Crippen LogP contribution in [0.4, 0.5) is 10.5 Å². The van der Waals surface area contributed by atoms with Gasteiger partial charge in [0.2, 0.25) is 5.91 Å². The Balaban J connectivity index is 1.53. The maximum Gasteiger partial charge on any atom is 0.315 e. The number of methoxy groups -OCH3 is 1. The van der Waals surface area contributed by atoms with Crippen molar-refractivity contribution in [2.45, 2.75) is 19.0 Å². The van der Waals surface area contributed by atoms with Crippen LogP contribution in [-0.2, 0) is 11.3 Å². The first-order chi connectivity index (χ1) is 12.2. The summed E-state index contributed by atoms with van der Waals surface area (Å²) in [5.41, 5.74) is 1.75. The second-order valence-electron chi connectivity index (χ2n) is 5.88. The minimum absolute atomic E-state index is 0.0150. The first-order valence-corrected chi connectivity index (χ1v) is 8.19. The van der Waals surface area contributed by atoms with Gasteiger partial charge in [0, 0.05) is 30.8 Å². The Bertz CT molecular complexity index is 749. The molecule has 25 heavy (non-hydrogen) atoms. The molecule has 0 aliphatic carbocycles. The van der Waals surface area contributed by atoms with E-state index in [0.717, 1.165) is 17.0 Å². The normalized spacial score (nSPS) is 16.6. The van der Waals surface area contributed by atoms with Crippen molar-refractivity contribution in [2.24, 2.45) is 0 Å². The van der Waals surface area contributed by atoms with Gasteiger partial charge in [-0.3, -0.25) is 4.79 Å². The van der Waals surface area contributed by atoms with Crippen LogP contribution in [0.5, 0.6) is 5.75 Å². The van der Waals surface area contributed by atoms with Crippen LogP contribution in [0.1, 0.15) is 12.0 Å². The highest BCUT2D eigenvalue weighted by Crippen LogP contribution is 2.21. The van der Waals surface area contributed by atoms with Gasteiger partial charge < -0.3 is 20.3 Å². The third-order valence-corrected chi connectivity index (χ3v) is 4.16. The van der Waals surface area contributed by atoms with E-state index in [1.165, 1.54) is 0 Å². The molecule has 1 aliphatic rings. The van der Waals surface area contributed by atoms with E-state index in [1.807, 2.05) is 54.6 Å². The summed E-state index contributed by atoms with van der Waals surface area (Å²) in [4.78, 5) is 26.0. The Morgan fingerprint density at radius 3 is 2.64 bits per heavy atom. The molecule has 0 saturated carbocycles. The van der Waals surface area contributed by atoms with Crippen LogP contribution in [0.2, 0.25) is 0 Å². The smallest absolute Gasteiger partial charge is 0.315 e. The van der Waals surface area contributed by atoms with Crippen molar-refractivity contribution in [3.63, 3.8) is 0 Å². The zero-order chi connectivity index (χ0) is 17.6. The summed E-state index contributed by atoms with van der Waals surface area (Å²) in [6.07, 6.45) is 0.303. The molecule has 6 heteroatoms. The molecule has 1 heterocycles. The number of hydrogen-bond donors (Lipinski definition) is 2. The number of carbonyl (C=O) groups excluding carboxylic acids is 2. The van der Waals surface area contributed by atoms with Gasteiger partial charge >= 0.3 is 6.03 Å². The molecule has 0 radical (unpaired) electrons. The molecule has 1 saturated heterocycles. The van der Waals surface area contributed by atoms with Crippen LogP contribution >= 0.6 is 0 Å². The zero-order valence-corrected chi connectivity index (χ0v) is 14.1. The second kappa shape index (κ2) is 7.70. The van der Waals surface area contributed by atoms with Crippen molar-refractivity contribution in [2.75, 3.05) is 18.6 Å². The third-order valence-electron chi connectivity index (χ3n) is 4.16. The van der Waals surface area contributed by atoms with E-state index in [-0.39, 0.29) is 18.0 Å². The first-order valence-electron chi connectivity index (χ1n) is 8.19. The number of ether oxygens (including phenoxy) is 1. The summed E-state index contributed by atoms with van der Waals surface area (Å²) >= 11 is 0. The van der Waals surface area contributed by atoms with Gasteiger partial charge in [-0.2, -0.15) is 0 Å². The van der Waals surface area contributed by atoms with Crippen LogP contribution in [-0.4, -0.2) is 31.6 Å². The maximum atomic E-state index is 12.2. The second-order valence-corrected chi connectivity index (χ2v) is 5.88. The number of nitrogens with zero attached hydrogens (tertiary/aromatic N) is 1. The lowest BCUT2D eigenvalue weighted by molar-refractivity contribution is -0.117. The summed E-state index contributed by atoms with van der Waals surface area (Å²) in [5, 5.41) is 5.67. The average Bonchev–Trinajstić information content (AvgIpc) is 3.01. The van der Waals surface area contributed by atoms with Gasteiger partial charge in [-0.1, -0.05) is 36.4 Å². The molecule has 2 aromatic rings. The Morgan fingerprint density at radius 2 is 1.88 bits per heavy atom. The molecule has 0 aromatic heterocycles. The van der Waals surface area contributed by atoms with Crippen molar-refractivity contribution < 1.29 is 14.3 Å². The molecule has 6 nitrogen and oxygen atoms in total. The molecular formula is C19H21N3O3. The quantitative estimate of drug-likeness (QED) is 0.878. The van der Waals surface area contributed by atoms with E-state index >= 15 is 0 Å². The molecule has 0 bridgehead atoms. The summed E-state index contributed by atoms with van der Waals surface area (Å²) in [6, 6.07) is 16.5. The van der Waals surface area contributed by atoms with Crippen molar-refractivity contribution in [3.05, 3.63) is 60.2 Å². The fraction of sp³-hybridized carbons (Fsp3) is 0.263. The molecular weight excluding hydrogens is 318 g/mol. The third kappa shape index (κ3) is 4.09. The number of benzene rings is 2. The summed E-state index contributed by atoms with van der Waals surface area (Å²) < 4.78 is 5.27. The van der Waals surface area contributed by atoms with E-state index < -0.39 is 0 Å². The van der Waals surface area contributed by atoms with Gasteiger partial charge in [-0.15, -0.1) is 0 Å². The summed E-state index contributed by atoms with van der Waals surface area (Å²) in [5.74, 6) is 0.746. The molecule has 0 spiro atoms. The number of amides is 3. The number of para-hydroxylation sites is 2. The van der Waals surface area contributed by atoms with Crippen molar-refractivity contribution in [3.8, 4) is 5.75 Å². The van der Waals surface area contributed by atoms with Crippen LogP contribution in [0, 0.1) is 0 Å². The lowest BCUT2D eigenvalue weighted by Gasteiger charge is -2.17. The van der Waals surface area contributed by atoms with Crippen LogP contribution in [0.15, 0.2) is 54.6 Å². The molecule has 1 atom stereocenters. The standard InChI is InChI=1S/C19H21N3O3/c1-25-17-10-6-5-7-14(17)12-20-19(24)21-15-11-18(23)22(13-15)16-8-3-2-4-9-16/h2-10,15H,11-13H2,1H3,(H2,20,21,24)/t15-/m1/s1. The molecule has 0 unspecified atom stereocenters. The van der Waals surface area contributed by atoms with Crippen LogP contribution < -0.4 is 20.3 Å². The van der Waals surface area contributed by atoms with Gasteiger partial charge in [-0.25, -0.2) is 4.79 Å². The number of nitrogens with one attached hydrogen (secondary N) is 2. The fourth-order valence-corrected chi connectivity index (χ4v) is 2.92. The van der Waals surface area contributed by atoms with Crippen molar-refractivity contribution in [1.29, 1.82) is 0 Å². The molecule has 1 fully saturated rings. The van der Waals surface area contributed by atoms with E-state index in [0.29, 0.717) is 19.5 Å². The number of anilines is 1. The lowest BCUT2D eigenvalue weighted by atomic mass is 10.2. The van der Waals surface area contributed by atoms with E-state index in [4.69, 9.17) is 4.74 Å². The highest BCUT2D eigenvalue weighted by molar-refractivity contribution is 5.96. The molecule has 2 N–H and O–H groups in total. The predicted octanol–water partition coefficient (Wildman–Crippen LogP) is 2.30. The highest BCUT2D eigenvalue weighted by atomic mass is 16.5. The van der Waals surface area contributed by atoms with Crippen molar-refractivity contribution in [1.82, 2.24) is 10.6 Å².